The van der Waals surface area contributed by atoms with E-state index in [0.717, 1.165) is 0 Å². The van der Waals surface area contributed by atoms with Crippen molar-refractivity contribution in [2.75, 3.05) is 20.7 Å². The third-order valence-electron chi connectivity index (χ3n) is 2.41. The first-order chi connectivity index (χ1) is 8.86. The Morgan fingerprint density at radius 1 is 1.26 bits per heavy atom. The van der Waals surface area contributed by atoms with E-state index in [1.807, 2.05) is 0 Å². The summed E-state index contributed by atoms with van der Waals surface area (Å²) in [4.78, 5) is 16.7. The molecule has 0 amide bonds. The number of hydrogen-bond donors (Lipinski definition) is 5. The minimum atomic E-state index is -0.245. The summed E-state index contributed by atoms with van der Waals surface area (Å²) in [7, 11) is 3.30. The van der Waals surface area contributed by atoms with Gasteiger partial charge in [-0.15, -0.1) is 0 Å². The lowest BCUT2D eigenvalue weighted by Crippen LogP contribution is -2.25. The van der Waals surface area contributed by atoms with E-state index in [2.05, 4.69) is 17.4 Å². The molecule has 0 aromatic heterocycles. The number of Topliss-reactive ketones (excluding diaryl/α,β-unsaturated/α-hetero) is 1. The third kappa shape index (κ3) is 5.02. The fourth-order valence-corrected chi connectivity index (χ4v) is 1.50. The van der Waals surface area contributed by atoms with Crippen LogP contribution in [-0.4, -0.2) is 26.5 Å². The van der Waals surface area contributed by atoms with Gasteiger partial charge in [0, 0.05) is 31.9 Å². The van der Waals surface area contributed by atoms with Gasteiger partial charge in [0.15, 0.2) is 5.78 Å². The Bertz CT molecular complexity index is 412. The first kappa shape index (κ1) is 17.0. The zero-order valence-electron chi connectivity index (χ0n) is 11.7. The first-order valence-electron chi connectivity index (χ1n) is 5.77. The molecule has 0 heterocycles. The van der Waals surface area contributed by atoms with Gasteiger partial charge < -0.3 is 27.4 Å². The second-order valence-electron chi connectivity index (χ2n) is 3.82. The average Bonchev–Trinajstić information content (AvgIpc) is 2.34. The average molecular weight is 269 g/mol. The Morgan fingerprint density at radius 3 is 2.21 bits per heavy atom. The number of rotatable bonds is 8. The minimum absolute atomic E-state index is 0.120. The molecule has 0 saturated heterocycles. The molecule has 0 fully saturated rings. The number of hydrogen-bond acceptors (Lipinski definition) is 7. The van der Waals surface area contributed by atoms with Gasteiger partial charge in [0.25, 0.3) is 0 Å². The van der Waals surface area contributed by atoms with Gasteiger partial charge in [-0.2, -0.15) is 0 Å². The van der Waals surface area contributed by atoms with Gasteiger partial charge in [0.1, 0.15) is 0 Å². The van der Waals surface area contributed by atoms with Crippen LogP contribution in [0.25, 0.3) is 0 Å². The van der Waals surface area contributed by atoms with Gasteiger partial charge >= 0.3 is 0 Å². The van der Waals surface area contributed by atoms with Gasteiger partial charge in [-0.05, 0) is 6.92 Å². The number of likely N-dealkylation sites (N-methyl/N-ethyl adjacent to an activating group) is 1. The highest BCUT2D eigenvalue weighted by Gasteiger charge is 2.17. The lowest BCUT2D eigenvalue weighted by molar-refractivity contribution is -0.113. The van der Waals surface area contributed by atoms with Gasteiger partial charge in [-0.1, -0.05) is 6.58 Å². The maximum absolute atomic E-state index is 11.7. The molecule has 19 heavy (non-hydrogen) atoms. The molecular formula is C12H23N5O2. The standard InChI is InChI=1S/C12H23N5O2/c1-7(13)11(15)10(8(2)18)12(16-3)9(14)5-6-19-17-4/h16-17H,1,5-6,13-15H2,2-4H3/b11-10+,12-9-. The molecule has 0 aliphatic heterocycles. The van der Waals surface area contributed by atoms with Crippen molar-refractivity contribution in [2.24, 2.45) is 17.2 Å². The van der Waals surface area contributed by atoms with Crippen LogP contribution < -0.4 is 28.0 Å². The summed E-state index contributed by atoms with van der Waals surface area (Å²) in [6, 6.07) is 0. The highest BCUT2D eigenvalue weighted by atomic mass is 16.6. The van der Waals surface area contributed by atoms with Crippen LogP contribution in [0.1, 0.15) is 13.3 Å². The van der Waals surface area contributed by atoms with E-state index in [1.54, 1.807) is 14.1 Å². The summed E-state index contributed by atoms with van der Waals surface area (Å²) in [6.45, 7) is 5.28. The predicted octanol–water partition coefficient (Wildman–Crippen LogP) is -0.809. The summed E-state index contributed by atoms with van der Waals surface area (Å²) in [6.07, 6.45) is 0.429. The van der Waals surface area contributed by atoms with Crippen LogP contribution in [0.5, 0.6) is 0 Å². The lowest BCUT2D eigenvalue weighted by atomic mass is 10.0. The van der Waals surface area contributed by atoms with E-state index >= 15 is 0 Å². The van der Waals surface area contributed by atoms with E-state index < -0.39 is 0 Å². The van der Waals surface area contributed by atoms with E-state index in [4.69, 9.17) is 22.0 Å². The number of hydroxylamine groups is 1. The van der Waals surface area contributed by atoms with Crippen molar-refractivity contribution in [3.63, 3.8) is 0 Å². The monoisotopic (exact) mass is 269 g/mol. The highest BCUT2D eigenvalue weighted by Crippen LogP contribution is 2.17. The SMILES string of the molecule is C=C(N)/C(N)=C(C(C)=O)\C(NC)=C(\N)CCONC. The molecule has 7 nitrogen and oxygen atoms in total. The van der Waals surface area contributed by atoms with Gasteiger partial charge in [-0.3, -0.25) is 4.79 Å². The van der Waals surface area contributed by atoms with Crippen LogP contribution in [0.4, 0.5) is 0 Å². The Hall–Kier alpha value is -1.99. The number of nitrogens with one attached hydrogen (secondary N) is 2. The summed E-state index contributed by atoms with van der Waals surface area (Å²) in [5, 5.41) is 2.87. The van der Waals surface area contributed by atoms with Crippen molar-refractivity contribution < 1.29 is 9.63 Å². The summed E-state index contributed by atoms with van der Waals surface area (Å²) >= 11 is 0. The molecule has 108 valence electrons. The Labute approximate surface area is 113 Å². The molecule has 0 aromatic carbocycles. The van der Waals surface area contributed by atoms with E-state index in [9.17, 15) is 4.79 Å². The summed E-state index contributed by atoms with van der Waals surface area (Å²) in [5.74, 6) is -0.245. The molecule has 0 atom stereocenters. The number of nitrogens with two attached hydrogens (primary N) is 3. The van der Waals surface area contributed by atoms with Crippen LogP contribution >= 0.6 is 0 Å². The fourth-order valence-electron chi connectivity index (χ4n) is 1.50. The van der Waals surface area contributed by atoms with Crippen molar-refractivity contribution in [1.29, 1.82) is 0 Å². The first-order valence-corrected chi connectivity index (χ1v) is 5.77. The molecule has 8 N–H and O–H groups in total. The van der Waals surface area contributed by atoms with Gasteiger partial charge in [0.2, 0.25) is 0 Å². The molecule has 0 rings (SSSR count). The molecule has 0 radical (unpaired) electrons. The van der Waals surface area contributed by atoms with Crippen molar-refractivity contribution in [2.45, 2.75) is 13.3 Å². The second-order valence-corrected chi connectivity index (χ2v) is 3.82. The van der Waals surface area contributed by atoms with E-state index in [1.165, 1.54) is 6.92 Å². The molecule has 0 aromatic rings. The number of allylic oxidation sites excluding steroid dienone is 1. The molecule has 0 spiro atoms. The number of carbonyl (C=O) groups is 1. The quantitative estimate of drug-likeness (QED) is 0.169. The Balaban J connectivity index is 5.50. The highest BCUT2D eigenvalue weighted by molar-refractivity contribution is 5.99. The molecule has 0 bridgehead atoms. The number of ketones is 1. The van der Waals surface area contributed by atoms with E-state index in [0.29, 0.717) is 24.4 Å². The molecule has 0 saturated carbocycles. The van der Waals surface area contributed by atoms with Crippen LogP contribution in [0.2, 0.25) is 0 Å². The van der Waals surface area contributed by atoms with Crippen molar-refractivity contribution in [3.8, 4) is 0 Å². The normalized spacial score (nSPS) is 13.4. The van der Waals surface area contributed by atoms with Gasteiger partial charge in [-0.25, -0.2) is 5.48 Å². The molecular weight excluding hydrogens is 246 g/mol. The van der Waals surface area contributed by atoms with Crippen LogP contribution in [-0.2, 0) is 9.63 Å². The van der Waals surface area contributed by atoms with E-state index in [-0.39, 0.29) is 22.8 Å². The topological polar surface area (TPSA) is 128 Å². The second kappa shape index (κ2) is 8.17. The maximum atomic E-state index is 11.7. The third-order valence-corrected chi connectivity index (χ3v) is 2.41. The fraction of sp³-hybridized carbons (Fsp3) is 0.417. The van der Waals surface area contributed by atoms with Crippen LogP contribution in [0.3, 0.4) is 0 Å². The maximum Gasteiger partial charge on any atom is 0.164 e. The Morgan fingerprint density at radius 2 is 1.84 bits per heavy atom. The van der Waals surface area contributed by atoms with Crippen LogP contribution in [0.15, 0.2) is 34.9 Å². The molecule has 7 heteroatoms. The molecule has 0 aliphatic carbocycles. The van der Waals surface area contributed by atoms with Gasteiger partial charge in [0.05, 0.1) is 23.6 Å². The zero-order valence-corrected chi connectivity index (χ0v) is 11.7. The number of carbonyl (C=O) groups excluding carboxylic acids is 1. The smallest absolute Gasteiger partial charge is 0.164 e. The Kier molecular flexibility index (Phi) is 7.32. The predicted molar refractivity (Wildman–Crippen MR) is 75.1 cm³/mol. The van der Waals surface area contributed by atoms with Crippen molar-refractivity contribution in [3.05, 3.63) is 34.9 Å². The van der Waals surface area contributed by atoms with Crippen LogP contribution in [0, 0.1) is 0 Å². The molecule has 0 unspecified atom stereocenters. The summed E-state index contributed by atoms with van der Waals surface area (Å²) < 4.78 is 0. The van der Waals surface area contributed by atoms with Crippen molar-refractivity contribution in [1.82, 2.24) is 10.8 Å². The molecule has 0 aliphatic rings. The van der Waals surface area contributed by atoms with Crippen molar-refractivity contribution >= 4 is 5.78 Å². The minimum Gasteiger partial charge on any atom is -0.400 e. The summed E-state index contributed by atoms with van der Waals surface area (Å²) in [5.41, 5.74) is 21.2. The lowest BCUT2D eigenvalue weighted by Gasteiger charge is -2.16. The largest absolute Gasteiger partial charge is 0.400 e. The zero-order chi connectivity index (χ0) is 15.0.